The highest BCUT2D eigenvalue weighted by Crippen LogP contribution is 2.14. The lowest BCUT2D eigenvalue weighted by atomic mass is 10.2. The number of imidazole rings is 1. The van der Waals surface area contributed by atoms with Crippen LogP contribution in [0.3, 0.4) is 0 Å². The third-order valence-corrected chi connectivity index (χ3v) is 3.31. The fourth-order valence-corrected chi connectivity index (χ4v) is 2.18. The predicted molar refractivity (Wildman–Crippen MR) is 69.3 cm³/mol. The Morgan fingerprint density at radius 1 is 1.25 bits per heavy atom. The van der Waals surface area contributed by atoms with Crippen LogP contribution in [0, 0.1) is 0 Å². The summed E-state index contributed by atoms with van der Waals surface area (Å²) >= 11 is 0. The molecule has 0 radical (unpaired) electrons. The van der Waals surface area contributed by atoms with Crippen molar-refractivity contribution in [3.8, 4) is 5.82 Å². The van der Waals surface area contributed by atoms with E-state index < -0.39 is 12.2 Å². The standard InChI is InChI=1S/C13H14N4O3/c18-10-6-17(7-11(10)19)13(20)9-1-2-12(15-5-9)16-4-3-14-8-16/h1-5,8,10-11,18-19H,6-7H2/t10-,11+. The normalized spacial score (nSPS) is 22.2. The summed E-state index contributed by atoms with van der Waals surface area (Å²) in [6.45, 7) is 0.284. The number of likely N-dealkylation sites (tertiary alicyclic amines) is 1. The topological polar surface area (TPSA) is 91.5 Å². The van der Waals surface area contributed by atoms with Gasteiger partial charge in [-0.15, -0.1) is 0 Å². The van der Waals surface area contributed by atoms with Crippen molar-refractivity contribution in [3.05, 3.63) is 42.6 Å². The summed E-state index contributed by atoms with van der Waals surface area (Å²) < 4.78 is 1.73. The van der Waals surface area contributed by atoms with Crippen LogP contribution in [0.5, 0.6) is 0 Å². The number of carbonyl (C=O) groups is 1. The highest BCUT2D eigenvalue weighted by Gasteiger charge is 2.32. The third-order valence-electron chi connectivity index (χ3n) is 3.31. The molecule has 2 N–H and O–H groups in total. The number of amides is 1. The molecule has 2 atom stereocenters. The first-order valence-corrected chi connectivity index (χ1v) is 6.25. The molecular formula is C13H14N4O3. The Morgan fingerprint density at radius 3 is 2.55 bits per heavy atom. The van der Waals surface area contributed by atoms with E-state index >= 15 is 0 Å². The number of pyridine rings is 1. The van der Waals surface area contributed by atoms with Gasteiger partial charge in [0.2, 0.25) is 0 Å². The summed E-state index contributed by atoms with van der Waals surface area (Å²) in [5.74, 6) is 0.422. The Hall–Kier alpha value is -2.25. The maximum Gasteiger partial charge on any atom is 0.255 e. The molecule has 7 nitrogen and oxygen atoms in total. The third kappa shape index (κ3) is 2.28. The van der Waals surface area contributed by atoms with Gasteiger partial charge < -0.3 is 15.1 Å². The summed E-state index contributed by atoms with van der Waals surface area (Å²) in [5.41, 5.74) is 0.426. The van der Waals surface area contributed by atoms with E-state index in [2.05, 4.69) is 9.97 Å². The number of aliphatic hydroxyl groups is 2. The molecule has 1 saturated heterocycles. The highest BCUT2D eigenvalue weighted by atomic mass is 16.3. The highest BCUT2D eigenvalue weighted by molar-refractivity contribution is 5.94. The second kappa shape index (κ2) is 5.03. The van der Waals surface area contributed by atoms with Crippen LogP contribution >= 0.6 is 0 Å². The van der Waals surface area contributed by atoms with Crippen LogP contribution in [-0.4, -0.2) is 60.9 Å². The Labute approximate surface area is 115 Å². The summed E-state index contributed by atoms with van der Waals surface area (Å²) in [7, 11) is 0. The zero-order chi connectivity index (χ0) is 14.1. The van der Waals surface area contributed by atoms with E-state index in [1.54, 1.807) is 35.4 Å². The Bertz CT molecular complexity index is 587. The van der Waals surface area contributed by atoms with Gasteiger partial charge in [0.05, 0.1) is 17.8 Å². The maximum atomic E-state index is 12.2. The van der Waals surface area contributed by atoms with Crippen LogP contribution < -0.4 is 0 Å². The van der Waals surface area contributed by atoms with Crippen LogP contribution in [-0.2, 0) is 0 Å². The smallest absolute Gasteiger partial charge is 0.255 e. The summed E-state index contributed by atoms with van der Waals surface area (Å²) in [4.78, 5) is 21.7. The summed E-state index contributed by atoms with van der Waals surface area (Å²) in [6, 6.07) is 3.39. The number of aromatic nitrogens is 3. The fraction of sp³-hybridized carbons (Fsp3) is 0.308. The molecule has 0 saturated carbocycles. The molecule has 1 fully saturated rings. The van der Waals surface area contributed by atoms with Crippen molar-refractivity contribution in [1.29, 1.82) is 0 Å². The van der Waals surface area contributed by atoms with E-state index in [0.29, 0.717) is 11.4 Å². The molecular weight excluding hydrogens is 260 g/mol. The van der Waals surface area contributed by atoms with Gasteiger partial charge >= 0.3 is 0 Å². The van der Waals surface area contributed by atoms with Crippen molar-refractivity contribution in [2.24, 2.45) is 0 Å². The molecule has 0 spiro atoms. The molecule has 2 aromatic rings. The first-order valence-electron chi connectivity index (χ1n) is 6.25. The molecule has 1 amide bonds. The van der Waals surface area contributed by atoms with Gasteiger partial charge in [0.15, 0.2) is 0 Å². The fourth-order valence-electron chi connectivity index (χ4n) is 2.18. The Balaban J connectivity index is 1.76. The van der Waals surface area contributed by atoms with Crippen LogP contribution in [0.25, 0.3) is 5.82 Å². The zero-order valence-electron chi connectivity index (χ0n) is 10.6. The van der Waals surface area contributed by atoms with Gasteiger partial charge in [-0.05, 0) is 12.1 Å². The number of rotatable bonds is 2. The second-order valence-corrected chi connectivity index (χ2v) is 4.72. The molecule has 7 heteroatoms. The minimum absolute atomic E-state index is 0.142. The maximum absolute atomic E-state index is 12.2. The predicted octanol–water partition coefficient (Wildman–Crippen LogP) is -0.555. The van der Waals surface area contributed by atoms with E-state index in [0.717, 1.165) is 0 Å². The molecule has 2 aromatic heterocycles. The molecule has 3 heterocycles. The molecule has 0 aromatic carbocycles. The molecule has 1 aliphatic rings. The van der Waals surface area contributed by atoms with E-state index in [-0.39, 0.29) is 19.0 Å². The molecule has 1 aliphatic heterocycles. The first kappa shape index (κ1) is 12.8. The summed E-state index contributed by atoms with van der Waals surface area (Å²) in [6.07, 6.45) is 4.76. The molecule has 104 valence electrons. The van der Waals surface area contributed by atoms with E-state index in [9.17, 15) is 15.0 Å². The average molecular weight is 274 g/mol. The van der Waals surface area contributed by atoms with E-state index in [1.807, 2.05) is 0 Å². The lowest BCUT2D eigenvalue weighted by molar-refractivity contribution is 0.0572. The van der Waals surface area contributed by atoms with Gasteiger partial charge in [-0.25, -0.2) is 9.97 Å². The summed E-state index contributed by atoms with van der Waals surface area (Å²) in [5, 5.41) is 18.9. The number of nitrogens with zero attached hydrogens (tertiary/aromatic N) is 4. The van der Waals surface area contributed by atoms with E-state index in [4.69, 9.17) is 0 Å². The number of aliphatic hydroxyl groups excluding tert-OH is 2. The van der Waals surface area contributed by atoms with Crippen LogP contribution in [0.4, 0.5) is 0 Å². The van der Waals surface area contributed by atoms with Crippen molar-refractivity contribution in [1.82, 2.24) is 19.4 Å². The van der Waals surface area contributed by atoms with Crippen LogP contribution in [0.1, 0.15) is 10.4 Å². The number of β-amino-alcohol motifs (C(OH)–C–C–N with tert-alkyl or cyclic N) is 2. The lowest BCUT2D eigenvalue weighted by Gasteiger charge is -2.15. The number of carbonyl (C=O) groups excluding carboxylic acids is 1. The number of hydrogen-bond donors (Lipinski definition) is 2. The molecule has 0 unspecified atom stereocenters. The lowest BCUT2D eigenvalue weighted by Crippen LogP contribution is -2.29. The average Bonchev–Trinajstić information content (AvgIpc) is 3.09. The first-order chi connectivity index (χ1) is 9.65. The quantitative estimate of drug-likeness (QED) is 0.766. The van der Waals surface area contributed by atoms with Crippen LogP contribution in [0.2, 0.25) is 0 Å². The SMILES string of the molecule is O=C(c1ccc(-n2ccnc2)nc1)N1C[C@@H](O)[C@@H](O)C1. The van der Waals surface area contributed by atoms with Gasteiger partial charge in [0.1, 0.15) is 12.1 Å². The van der Waals surface area contributed by atoms with Gasteiger partial charge in [-0.2, -0.15) is 0 Å². The van der Waals surface area contributed by atoms with Crippen LogP contribution in [0.15, 0.2) is 37.1 Å². The van der Waals surface area contributed by atoms with Crippen molar-refractivity contribution >= 4 is 5.91 Å². The van der Waals surface area contributed by atoms with Gasteiger partial charge in [-0.3, -0.25) is 9.36 Å². The van der Waals surface area contributed by atoms with Gasteiger partial charge in [0, 0.05) is 31.7 Å². The Kier molecular flexibility index (Phi) is 3.21. The monoisotopic (exact) mass is 274 g/mol. The molecule has 0 aliphatic carbocycles. The largest absolute Gasteiger partial charge is 0.388 e. The minimum Gasteiger partial charge on any atom is -0.388 e. The van der Waals surface area contributed by atoms with Crippen molar-refractivity contribution in [3.63, 3.8) is 0 Å². The zero-order valence-corrected chi connectivity index (χ0v) is 10.6. The van der Waals surface area contributed by atoms with Gasteiger partial charge in [-0.1, -0.05) is 0 Å². The van der Waals surface area contributed by atoms with Crippen molar-refractivity contribution in [2.45, 2.75) is 12.2 Å². The minimum atomic E-state index is -0.878. The van der Waals surface area contributed by atoms with Gasteiger partial charge in [0.25, 0.3) is 5.91 Å². The van der Waals surface area contributed by atoms with Crippen molar-refractivity contribution in [2.75, 3.05) is 13.1 Å². The number of hydrogen-bond acceptors (Lipinski definition) is 5. The van der Waals surface area contributed by atoms with E-state index in [1.165, 1.54) is 11.1 Å². The van der Waals surface area contributed by atoms with Crippen molar-refractivity contribution < 1.29 is 15.0 Å². The molecule has 0 bridgehead atoms. The second-order valence-electron chi connectivity index (χ2n) is 4.72. The molecule has 20 heavy (non-hydrogen) atoms. The molecule has 3 rings (SSSR count). The Morgan fingerprint density at radius 2 is 2.00 bits per heavy atom.